The van der Waals surface area contributed by atoms with Crippen molar-refractivity contribution >= 4 is 26.7 Å². The quantitative estimate of drug-likeness (QED) is 0.576. The number of nitrogens with zero attached hydrogens (tertiary/aromatic N) is 2. The fraction of sp³-hybridized carbons (Fsp3) is 0.500. The number of hydrogen-bond donors (Lipinski definition) is 1. The van der Waals surface area contributed by atoms with Crippen molar-refractivity contribution in [2.24, 2.45) is 0 Å². The summed E-state index contributed by atoms with van der Waals surface area (Å²) in [5.74, 6) is 0. The SMILES string of the molecule is CCCOCCNc1ccnc2c1c(C)cn2S(=O)(=O)C1CC=C1C. The normalized spacial score (nSPS) is 17.4. The van der Waals surface area contributed by atoms with Crippen molar-refractivity contribution in [1.29, 1.82) is 0 Å². The molecule has 7 heteroatoms. The van der Waals surface area contributed by atoms with Crippen molar-refractivity contribution < 1.29 is 13.2 Å². The number of hydrogen-bond acceptors (Lipinski definition) is 5. The Kier molecular flexibility index (Phi) is 5.15. The maximum atomic E-state index is 12.9. The van der Waals surface area contributed by atoms with E-state index in [2.05, 4.69) is 17.2 Å². The molecule has 1 aliphatic rings. The molecule has 0 saturated heterocycles. The van der Waals surface area contributed by atoms with Crippen LogP contribution in [0.25, 0.3) is 11.0 Å². The molecule has 25 heavy (non-hydrogen) atoms. The van der Waals surface area contributed by atoms with Crippen LogP contribution in [0.1, 0.15) is 32.3 Å². The Morgan fingerprint density at radius 1 is 1.36 bits per heavy atom. The first kappa shape index (κ1) is 17.9. The first-order valence-electron chi connectivity index (χ1n) is 8.66. The molecule has 0 amide bonds. The summed E-state index contributed by atoms with van der Waals surface area (Å²) in [7, 11) is -3.47. The van der Waals surface area contributed by atoms with E-state index in [-0.39, 0.29) is 0 Å². The predicted molar refractivity (Wildman–Crippen MR) is 101 cm³/mol. The highest BCUT2D eigenvalue weighted by Gasteiger charge is 2.34. The molecular formula is C18H25N3O3S. The second kappa shape index (κ2) is 7.17. The van der Waals surface area contributed by atoms with Gasteiger partial charge in [0.1, 0.15) is 5.25 Å². The molecule has 1 aliphatic carbocycles. The Labute approximate surface area is 148 Å². The van der Waals surface area contributed by atoms with Crippen LogP contribution in [0.15, 0.2) is 30.1 Å². The van der Waals surface area contributed by atoms with E-state index < -0.39 is 15.3 Å². The summed E-state index contributed by atoms with van der Waals surface area (Å²) in [6.07, 6.45) is 6.84. The maximum absolute atomic E-state index is 12.9. The number of ether oxygens (including phenoxy) is 1. The van der Waals surface area contributed by atoms with Gasteiger partial charge in [-0.25, -0.2) is 17.4 Å². The van der Waals surface area contributed by atoms with Crippen molar-refractivity contribution in [2.45, 2.75) is 38.9 Å². The third-order valence-corrected chi connectivity index (χ3v) is 6.66. The lowest BCUT2D eigenvalue weighted by Gasteiger charge is -2.24. The van der Waals surface area contributed by atoms with Crippen LogP contribution in [-0.4, -0.2) is 42.4 Å². The number of nitrogens with one attached hydrogen (secondary N) is 1. The van der Waals surface area contributed by atoms with Crippen LogP contribution >= 0.6 is 0 Å². The summed E-state index contributed by atoms with van der Waals surface area (Å²) in [5.41, 5.74) is 3.17. The summed E-state index contributed by atoms with van der Waals surface area (Å²) in [5, 5.41) is 3.74. The summed E-state index contributed by atoms with van der Waals surface area (Å²) < 4.78 is 32.7. The van der Waals surface area contributed by atoms with Gasteiger partial charge in [0.05, 0.1) is 6.61 Å². The fourth-order valence-electron chi connectivity index (χ4n) is 3.10. The van der Waals surface area contributed by atoms with Crippen molar-refractivity contribution in [3.05, 3.63) is 35.7 Å². The molecule has 136 valence electrons. The highest BCUT2D eigenvalue weighted by molar-refractivity contribution is 7.91. The van der Waals surface area contributed by atoms with Crippen LogP contribution in [0.2, 0.25) is 0 Å². The number of anilines is 1. The summed E-state index contributed by atoms with van der Waals surface area (Å²) in [6.45, 7) is 7.88. The molecule has 1 atom stereocenters. The molecule has 0 bridgehead atoms. The zero-order valence-electron chi connectivity index (χ0n) is 14.9. The van der Waals surface area contributed by atoms with E-state index in [0.29, 0.717) is 25.2 Å². The minimum atomic E-state index is -3.47. The van der Waals surface area contributed by atoms with E-state index in [1.165, 1.54) is 3.97 Å². The smallest absolute Gasteiger partial charge is 0.247 e. The van der Waals surface area contributed by atoms with Gasteiger partial charge in [0.2, 0.25) is 10.0 Å². The van der Waals surface area contributed by atoms with Crippen molar-refractivity contribution in [3.63, 3.8) is 0 Å². The zero-order valence-corrected chi connectivity index (χ0v) is 15.8. The summed E-state index contributed by atoms with van der Waals surface area (Å²) >= 11 is 0. The van der Waals surface area contributed by atoms with Crippen LogP contribution in [-0.2, 0) is 14.8 Å². The van der Waals surface area contributed by atoms with Crippen molar-refractivity contribution in [3.8, 4) is 0 Å². The molecule has 0 aliphatic heterocycles. The van der Waals surface area contributed by atoms with Crippen molar-refractivity contribution in [1.82, 2.24) is 8.96 Å². The van der Waals surface area contributed by atoms with Gasteiger partial charge in [0.15, 0.2) is 5.65 Å². The fourth-order valence-corrected chi connectivity index (χ4v) is 4.96. The van der Waals surface area contributed by atoms with Crippen LogP contribution in [0, 0.1) is 6.92 Å². The molecule has 0 fully saturated rings. The zero-order chi connectivity index (χ0) is 18.0. The van der Waals surface area contributed by atoms with E-state index in [0.717, 1.165) is 35.2 Å². The van der Waals surface area contributed by atoms with Gasteiger partial charge in [-0.1, -0.05) is 18.6 Å². The van der Waals surface area contributed by atoms with Crippen LogP contribution in [0.5, 0.6) is 0 Å². The Morgan fingerprint density at radius 3 is 2.80 bits per heavy atom. The average molecular weight is 363 g/mol. The van der Waals surface area contributed by atoms with Gasteiger partial charge < -0.3 is 10.1 Å². The molecule has 0 aromatic carbocycles. The number of aromatic nitrogens is 2. The van der Waals surface area contributed by atoms with Gasteiger partial charge in [-0.3, -0.25) is 0 Å². The number of fused-ring (bicyclic) bond motifs is 1. The highest BCUT2D eigenvalue weighted by atomic mass is 32.2. The van der Waals surface area contributed by atoms with Crippen LogP contribution in [0.4, 0.5) is 5.69 Å². The molecule has 1 N–H and O–H groups in total. The Bertz CT molecular complexity index is 900. The second-order valence-electron chi connectivity index (χ2n) is 6.42. The van der Waals surface area contributed by atoms with Gasteiger partial charge in [-0.15, -0.1) is 0 Å². The Balaban J connectivity index is 1.91. The Morgan fingerprint density at radius 2 is 2.16 bits per heavy atom. The molecule has 0 saturated carbocycles. The van der Waals surface area contributed by atoms with E-state index in [9.17, 15) is 8.42 Å². The molecule has 3 rings (SSSR count). The lowest BCUT2D eigenvalue weighted by Crippen LogP contribution is -2.32. The van der Waals surface area contributed by atoms with E-state index in [1.807, 2.05) is 26.0 Å². The molecular weight excluding hydrogens is 338 g/mol. The third kappa shape index (κ3) is 3.30. The maximum Gasteiger partial charge on any atom is 0.247 e. The van der Waals surface area contributed by atoms with Gasteiger partial charge >= 0.3 is 0 Å². The number of pyridine rings is 1. The molecule has 1 unspecified atom stereocenters. The van der Waals surface area contributed by atoms with Gasteiger partial charge in [-0.05, 0) is 38.3 Å². The highest BCUT2D eigenvalue weighted by Crippen LogP contribution is 2.33. The van der Waals surface area contributed by atoms with Gasteiger partial charge in [0.25, 0.3) is 0 Å². The largest absolute Gasteiger partial charge is 0.382 e. The van der Waals surface area contributed by atoms with Crippen LogP contribution < -0.4 is 5.32 Å². The second-order valence-corrected chi connectivity index (χ2v) is 8.41. The minimum Gasteiger partial charge on any atom is -0.382 e. The van der Waals surface area contributed by atoms with E-state index in [4.69, 9.17) is 4.74 Å². The van der Waals surface area contributed by atoms with Crippen molar-refractivity contribution in [2.75, 3.05) is 25.1 Å². The summed E-state index contributed by atoms with van der Waals surface area (Å²) in [6, 6.07) is 1.88. The number of aryl methyl sites for hydroxylation is 1. The lowest BCUT2D eigenvalue weighted by molar-refractivity contribution is 0.144. The van der Waals surface area contributed by atoms with E-state index >= 15 is 0 Å². The third-order valence-electron chi connectivity index (χ3n) is 4.55. The lowest BCUT2D eigenvalue weighted by atomic mass is 10.0. The molecule has 2 aromatic heterocycles. The van der Waals surface area contributed by atoms with Crippen LogP contribution in [0.3, 0.4) is 0 Å². The first-order valence-corrected chi connectivity index (χ1v) is 10.2. The average Bonchev–Trinajstić information content (AvgIpc) is 2.91. The standard InChI is InChI=1S/C18H25N3O3S/c1-4-10-24-11-9-19-15-7-8-20-18-17(15)14(3)12-21(18)25(22,23)16-6-5-13(16)2/h5,7-8,12,16H,4,6,9-11H2,1-3H3,(H,19,20). The predicted octanol–water partition coefficient (Wildman–Crippen LogP) is 3.08. The topological polar surface area (TPSA) is 73.2 Å². The summed E-state index contributed by atoms with van der Waals surface area (Å²) in [4.78, 5) is 4.35. The monoisotopic (exact) mass is 363 g/mol. The van der Waals surface area contributed by atoms with Gasteiger partial charge in [0, 0.05) is 36.6 Å². The first-order chi connectivity index (χ1) is 12.0. The Hall–Kier alpha value is -1.86. The molecule has 0 radical (unpaired) electrons. The number of rotatable bonds is 8. The molecule has 2 heterocycles. The molecule has 0 spiro atoms. The number of allylic oxidation sites excluding steroid dienone is 1. The van der Waals surface area contributed by atoms with Gasteiger partial charge in [-0.2, -0.15) is 0 Å². The van der Waals surface area contributed by atoms with E-state index in [1.54, 1.807) is 12.4 Å². The molecule has 2 aromatic rings. The minimum absolute atomic E-state index is 0.441. The molecule has 6 nitrogen and oxygen atoms in total.